The maximum Gasteiger partial charge on any atom is 0.128 e. The van der Waals surface area contributed by atoms with Crippen molar-refractivity contribution in [1.82, 2.24) is 10.3 Å². The van der Waals surface area contributed by atoms with Gasteiger partial charge in [0.1, 0.15) is 5.82 Å². The first kappa shape index (κ1) is 13.7. The molecule has 0 aliphatic rings. The summed E-state index contributed by atoms with van der Waals surface area (Å²) in [5.74, 6) is -0.172. The van der Waals surface area contributed by atoms with E-state index in [9.17, 15) is 4.39 Å². The third-order valence-corrected chi connectivity index (χ3v) is 3.16. The Morgan fingerprint density at radius 2 is 2.05 bits per heavy atom. The van der Waals surface area contributed by atoms with Crippen LogP contribution >= 0.6 is 0 Å². The number of aromatic nitrogens is 1. The van der Waals surface area contributed by atoms with Gasteiger partial charge in [0.15, 0.2) is 0 Å². The van der Waals surface area contributed by atoms with Crippen LogP contribution in [-0.4, -0.2) is 11.5 Å². The maximum atomic E-state index is 14.3. The molecule has 2 nitrogen and oxygen atoms in total. The van der Waals surface area contributed by atoms with Gasteiger partial charge in [-0.3, -0.25) is 4.98 Å². The highest BCUT2D eigenvalue weighted by atomic mass is 19.1. The molecule has 1 N–H and O–H groups in total. The van der Waals surface area contributed by atoms with E-state index in [4.69, 9.17) is 0 Å². The van der Waals surface area contributed by atoms with Crippen molar-refractivity contribution in [3.8, 4) is 0 Å². The van der Waals surface area contributed by atoms with Crippen LogP contribution in [-0.2, 0) is 0 Å². The first-order valence-corrected chi connectivity index (χ1v) is 6.54. The number of nitrogens with one attached hydrogen (secondary N) is 1. The van der Waals surface area contributed by atoms with Crippen LogP contribution in [0.25, 0.3) is 0 Å². The van der Waals surface area contributed by atoms with Crippen LogP contribution in [0.1, 0.15) is 35.3 Å². The molecule has 0 amide bonds. The second kappa shape index (κ2) is 5.93. The van der Waals surface area contributed by atoms with Gasteiger partial charge >= 0.3 is 0 Å². The summed E-state index contributed by atoms with van der Waals surface area (Å²) < 4.78 is 14.3. The minimum atomic E-state index is -0.202. The minimum absolute atomic E-state index is 0.172. The van der Waals surface area contributed by atoms with Crippen LogP contribution in [0.3, 0.4) is 0 Å². The number of nitrogens with zero attached hydrogens (tertiary/aromatic N) is 1. The summed E-state index contributed by atoms with van der Waals surface area (Å²) in [6.07, 6.45) is 1.74. The van der Waals surface area contributed by atoms with Gasteiger partial charge in [-0.2, -0.15) is 0 Å². The molecule has 100 valence electrons. The third kappa shape index (κ3) is 2.99. The zero-order chi connectivity index (χ0) is 13.8. The van der Waals surface area contributed by atoms with Gasteiger partial charge in [0.05, 0.1) is 11.7 Å². The lowest BCUT2D eigenvalue weighted by Gasteiger charge is -2.21. The van der Waals surface area contributed by atoms with Gasteiger partial charge in [-0.15, -0.1) is 0 Å². The Labute approximate surface area is 113 Å². The Balaban J connectivity index is 2.51. The van der Waals surface area contributed by atoms with Gasteiger partial charge in [-0.05, 0) is 49.7 Å². The molecule has 1 atom stereocenters. The summed E-state index contributed by atoms with van der Waals surface area (Å²) in [6.45, 7) is 6.62. The largest absolute Gasteiger partial charge is 0.305 e. The SMILES string of the molecule is CCNC(c1ccccn1)c1c(C)cc(C)cc1F. The van der Waals surface area contributed by atoms with Crippen LogP contribution in [0.2, 0.25) is 0 Å². The number of rotatable bonds is 4. The summed E-state index contributed by atoms with van der Waals surface area (Å²) in [6, 6.07) is 9.10. The van der Waals surface area contributed by atoms with Crippen molar-refractivity contribution in [1.29, 1.82) is 0 Å². The Bertz CT molecular complexity index is 529. The molecular formula is C16H19FN2. The van der Waals surface area contributed by atoms with Gasteiger partial charge in [0.2, 0.25) is 0 Å². The van der Waals surface area contributed by atoms with Crippen molar-refractivity contribution < 1.29 is 4.39 Å². The molecule has 2 rings (SSSR count). The fraction of sp³-hybridized carbons (Fsp3) is 0.312. The first-order chi connectivity index (χ1) is 9.13. The number of aryl methyl sites for hydroxylation is 2. The molecule has 3 heteroatoms. The van der Waals surface area contributed by atoms with Crippen molar-refractivity contribution in [2.45, 2.75) is 26.8 Å². The van der Waals surface area contributed by atoms with Gasteiger partial charge in [-0.1, -0.05) is 19.1 Å². The summed E-state index contributed by atoms with van der Waals surface area (Å²) in [5.41, 5.74) is 3.42. The van der Waals surface area contributed by atoms with Gasteiger partial charge in [0.25, 0.3) is 0 Å². The van der Waals surface area contributed by atoms with Crippen molar-refractivity contribution in [2.24, 2.45) is 0 Å². The highest BCUT2D eigenvalue weighted by Gasteiger charge is 2.20. The fourth-order valence-corrected chi connectivity index (χ4v) is 2.40. The lowest BCUT2D eigenvalue weighted by molar-refractivity contribution is 0.548. The normalized spacial score (nSPS) is 12.4. The Morgan fingerprint density at radius 1 is 1.26 bits per heavy atom. The summed E-state index contributed by atoms with van der Waals surface area (Å²) in [5, 5.41) is 3.31. The second-order valence-corrected chi connectivity index (χ2v) is 4.72. The average Bonchev–Trinajstić information content (AvgIpc) is 2.37. The molecule has 1 aromatic heterocycles. The zero-order valence-electron chi connectivity index (χ0n) is 11.6. The van der Waals surface area contributed by atoms with Gasteiger partial charge < -0.3 is 5.32 Å². The minimum Gasteiger partial charge on any atom is -0.305 e. The molecule has 2 aromatic rings. The molecule has 0 saturated heterocycles. The molecule has 1 unspecified atom stereocenters. The molecule has 19 heavy (non-hydrogen) atoms. The molecule has 1 aromatic carbocycles. The van der Waals surface area contributed by atoms with E-state index in [2.05, 4.69) is 10.3 Å². The van der Waals surface area contributed by atoms with Crippen molar-refractivity contribution >= 4 is 0 Å². The van der Waals surface area contributed by atoms with Crippen LogP contribution in [0.5, 0.6) is 0 Å². The Kier molecular flexibility index (Phi) is 4.27. The molecule has 0 spiro atoms. The Morgan fingerprint density at radius 3 is 2.63 bits per heavy atom. The molecular weight excluding hydrogens is 239 g/mol. The van der Waals surface area contributed by atoms with Crippen LogP contribution in [0, 0.1) is 19.7 Å². The predicted octanol–water partition coefficient (Wildman–Crippen LogP) is 3.54. The van der Waals surface area contributed by atoms with Gasteiger partial charge in [0, 0.05) is 11.8 Å². The molecule has 0 saturated carbocycles. The van der Waals surface area contributed by atoms with E-state index in [1.807, 2.05) is 45.0 Å². The lowest BCUT2D eigenvalue weighted by Crippen LogP contribution is -2.24. The van der Waals surface area contributed by atoms with Crippen molar-refractivity contribution in [3.05, 3.63) is 64.7 Å². The number of hydrogen-bond donors (Lipinski definition) is 1. The average molecular weight is 258 g/mol. The predicted molar refractivity (Wildman–Crippen MR) is 75.6 cm³/mol. The van der Waals surface area contributed by atoms with Crippen LogP contribution in [0.4, 0.5) is 4.39 Å². The summed E-state index contributed by atoms with van der Waals surface area (Å²) >= 11 is 0. The van der Waals surface area contributed by atoms with E-state index < -0.39 is 0 Å². The third-order valence-electron chi connectivity index (χ3n) is 3.16. The van der Waals surface area contributed by atoms with E-state index >= 15 is 0 Å². The summed E-state index contributed by atoms with van der Waals surface area (Å²) in [4.78, 5) is 4.35. The van der Waals surface area contributed by atoms with E-state index in [1.165, 1.54) is 0 Å². The van der Waals surface area contributed by atoms with Crippen molar-refractivity contribution in [3.63, 3.8) is 0 Å². The molecule has 0 fully saturated rings. The highest BCUT2D eigenvalue weighted by molar-refractivity contribution is 5.38. The molecule has 0 aliphatic carbocycles. The van der Waals surface area contributed by atoms with E-state index in [0.29, 0.717) is 5.56 Å². The first-order valence-electron chi connectivity index (χ1n) is 6.54. The zero-order valence-corrected chi connectivity index (χ0v) is 11.6. The number of benzene rings is 1. The molecule has 0 aliphatic heterocycles. The summed E-state index contributed by atoms with van der Waals surface area (Å²) in [7, 11) is 0. The fourth-order valence-electron chi connectivity index (χ4n) is 2.40. The Hall–Kier alpha value is -1.74. The standard InChI is InChI=1S/C16H19FN2/c1-4-18-16(14-7-5-6-8-19-14)15-12(3)9-11(2)10-13(15)17/h5-10,16,18H,4H2,1-3H3. The second-order valence-electron chi connectivity index (χ2n) is 4.72. The molecule has 1 heterocycles. The van der Waals surface area contributed by atoms with E-state index in [-0.39, 0.29) is 11.9 Å². The number of hydrogen-bond acceptors (Lipinski definition) is 2. The topological polar surface area (TPSA) is 24.9 Å². The quantitative estimate of drug-likeness (QED) is 0.907. The monoisotopic (exact) mass is 258 g/mol. The molecule has 0 bridgehead atoms. The number of halogens is 1. The lowest BCUT2D eigenvalue weighted by atomic mass is 9.96. The molecule has 0 radical (unpaired) electrons. The highest BCUT2D eigenvalue weighted by Crippen LogP contribution is 2.27. The maximum absolute atomic E-state index is 14.3. The van der Waals surface area contributed by atoms with Crippen LogP contribution < -0.4 is 5.32 Å². The van der Waals surface area contributed by atoms with Gasteiger partial charge in [-0.25, -0.2) is 4.39 Å². The van der Waals surface area contributed by atoms with Crippen LogP contribution in [0.15, 0.2) is 36.5 Å². The number of pyridine rings is 1. The van der Waals surface area contributed by atoms with Crippen molar-refractivity contribution in [2.75, 3.05) is 6.54 Å². The smallest absolute Gasteiger partial charge is 0.128 e. The van der Waals surface area contributed by atoms with E-state index in [1.54, 1.807) is 12.3 Å². The van der Waals surface area contributed by atoms with E-state index in [0.717, 1.165) is 23.4 Å².